The average molecular weight is 323 g/mol. The van der Waals surface area contributed by atoms with Gasteiger partial charge in [-0.2, -0.15) is 0 Å². The van der Waals surface area contributed by atoms with E-state index in [0.29, 0.717) is 5.88 Å². The van der Waals surface area contributed by atoms with Crippen LogP contribution in [0.3, 0.4) is 0 Å². The Morgan fingerprint density at radius 3 is 2.68 bits per heavy atom. The molecule has 0 atom stereocenters. The molecule has 2 aromatic rings. The fourth-order valence-electron chi connectivity index (χ4n) is 1.54. The molecule has 0 saturated carbocycles. The van der Waals surface area contributed by atoms with Gasteiger partial charge in [0.25, 0.3) is 0 Å². The largest absolute Gasteiger partial charge is 0.432 e. The molecule has 0 fully saturated rings. The summed E-state index contributed by atoms with van der Waals surface area (Å²) in [6, 6.07) is 6.44. The molecule has 0 radical (unpaired) electrons. The Labute approximate surface area is 118 Å². The second-order valence-electron chi connectivity index (χ2n) is 4.10. The lowest BCUT2D eigenvalue weighted by Crippen LogP contribution is -1.95. The maximum atomic E-state index is 10.9. The van der Waals surface area contributed by atoms with Gasteiger partial charge in [-0.1, -0.05) is 6.07 Å². The van der Waals surface area contributed by atoms with E-state index < -0.39 is 4.92 Å². The molecule has 1 aromatic carbocycles. The van der Waals surface area contributed by atoms with Gasteiger partial charge in [0.2, 0.25) is 11.6 Å². The lowest BCUT2D eigenvalue weighted by atomic mass is 10.2. The fourth-order valence-corrected chi connectivity index (χ4v) is 1.75. The van der Waals surface area contributed by atoms with E-state index in [9.17, 15) is 10.1 Å². The lowest BCUT2D eigenvalue weighted by Gasteiger charge is -2.07. The number of rotatable bonds is 3. The monoisotopic (exact) mass is 322 g/mol. The number of halogens is 1. The van der Waals surface area contributed by atoms with Crippen LogP contribution < -0.4 is 4.74 Å². The summed E-state index contributed by atoms with van der Waals surface area (Å²) < 4.78 is 6.37. The number of nitro groups is 1. The highest BCUT2D eigenvalue weighted by atomic mass is 79.9. The van der Waals surface area contributed by atoms with Gasteiger partial charge in [0, 0.05) is 22.8 Å². The summed E-state index contributed by atoms with van der Waals surface area (Å²) >= 11 is 3.34. The molecule has 1 heterocycles. The van der Waals surface area contributed by atoms with Crippen LogP contribution in [0.1, 0.15) is 11.1 Å². The van der Waals surface area contributed by atoms with Gasteiger partial charge in [0.15, 0.2) is 0 Å². The van der Waals surface area contributed by atoms with Crippen molar-refractivity contribution in [3.05, 3.63) is 56.2 Å². The molecule has 6 heteroatoms. The van der Waals surface area contributed by atoms with Crippen LogP contribution in [0.25, 0.3) is 0 Å². The average Bonchev–Trinajstić information content (AvgIpc) is 2.33. The SMILES string of the molecule is Cc1ccc([N+](=O)[O-])c(Oc2cc(C)c(Br)cn2)c1. The number of benzene rings is 1. The van der Waals surface area contributed by atoms with Crippen LogP contribution in [0.5, 0.6) is 11.6 Å². The molecule has 0 spiro atoms. The first-order chi connectivity index (χ1) is 8.97. The molecular formula is C13H11BrN2O3. The molecule has 19 heavy (non-hydrogen) atoms. The van der Waals surface area contributed by atoms with Crippen molar-refractivity contribution >= 4 is 21.6 Å². The van der Waals surface area contributed by atoms with Crippen LogP contribution in [-0.4, -0.2) is 9.91 Å². The molecule has 0 aliphatic heterocycles. The summed E-state index contributed by atoms with van der Waals surface area (Å²) in [6.45, 7) is 3.74. The summed E-state index contributed by atoms with van der Waals surface area (Å²) in [4.78, 5) is 14.5. The van der Waals surface area contributed by atoms with Crippen LogP contribution in [0.4, 0.5) is 5.69 Å². The third-order valence-corrected chi connectivity index (χ3v) is 3.38. The summed E-state index contributed by atoms with van der Waals surface area (Å²) in [5.74, 6) is 0.522. The first kappa shape index (κ1) is 13.5. The first-order valence-corrected chi connectivity index (χ1v) is 6.31. The van der Waals surface area contributed by atoms with Crippen LogP contribution in [0, 0.1) is 24.0 Å². The minimum absolute atomic E-state index is 0.0760. The third-order valence-electron chi connectivity index (χ3n) is 2.55. The molecule has 0 N–H and O–H groups in total. The van der Waals surface area contributed by atoms with Crippen LogP contribution >= 0.6 is 15.9 Å². The second-order valence-corrected chi connectivity index (χ2v) is 4.96. The Morgan fingerprint density at radius 1 is 1.32 bits per heavy atom. The van der Waals surface area contributed by atoms with Gasteiger partial charge in [-0.15, -0.1) is 0 Å². The quantitative estimate of drug-likeness (QED) is 0.628. The number of aryl methyl sites for hydroxylation is 2. The molecular weight excluding hydrogens is 312 g/mol. The maximum absolute atomic E-state index is 10.9. The summed E-state index contributed by atoms with van der Waals surface area (Å²) in [7, 11) is 0. The van der Waals surface area contributed by atoms with Gasteiger partial charge < -0.3 is 4.74 Å². The van der Waals surface area contributed by atoms with E-state index in [0.717, 1.165) is 15.6 Å². The van der Waals surface area contributed by atoms with Crippen LogP contribution in [0.2, 0.25) is 0 Å². The molecule has 0 bridgehead atoms. The van der Waals surface area contributed by atoms with E-state index in [1.165, 1.54) is 6.07 Å². The van der Waals surface area contributed by atoms with Gasteiger partial charge in [-0.05, 0) is 47.0 Å². The highest BCUT2D eigenvalue weighted by Gasteiger charge is 2.16. The number of nitrogens with zero attached hydrogens (tertiary/aromatic N) is 2. The Hall–Kier alpha value is -1.95. The van der Waals surface area contributed by atoms with E-state index in [1.54, 1.807) is 24.4 Å². The zero-order chi connectivity index (χ0) is 14.0. The second kappa shape index (κ2) is 5.36. The van der Waals surface area contributed by atoms with E-state index in [2.05, 4.69) is 20.9 Å². The Balaban J connectivity index is 2.39. The Morgan fingerprint density at radius 2 is 2.05 bits per heavy atom. The predicted molar refractivity (Wildman–Crippen MR) is 74.6 cm³/mol. The van der Waals surface area contributed by atoms with E-state index in [4.69, 9.17) is 4.74 Å². The molecule has 2 rings (SSSR count). The van der Waals surface area contributed by atoms with Crippen molar-refractivity contribution < 1.29 is 9.66 Å². The first-order valence-electron chi connectivity index (χ1n) is 5.52. The molecule has 0 unspecified atom stereocenters. The number of hydrogen-bond acceptors (Lipinski definition) is 4. The van der Waals surface area contributed by atoms with E-state index in [1.807, 2.05) is 13.8 Å². The van der Waals surface area contributed by atoms with E-state index >= 15 is 0 Å². The molecule has 5 nitrogen and oxygen atoms in total. The van der Waals surface area contributed by atoms with Gasteiger partial charge in [0.05, 0.1) is 4.92 Å². The topological polar surface area (TPSA) is 65.3 Å². The molecule has 98 valence electrons. The molecule has 0 aliphatic rings. The van der Waals surface area contributed by atoms with Crippen molar-refractivity contribution in [2.75, 3.05) is 0 Å². The highest BCUT2D eigenvalue weighted by molar-refractivity contribution is 9.10. The standard InChI is InChI=1S/C13H11BrN2O3/c1-8-3-4-11(16(17)18)12(5-8)19-13-6-9(2)10(14)7-15-13/h3-7H,1-2H3. The maximum Gasteiger partial charge on any atom is 0.311 e. The summed E-state index contributed by atoms with van der Waals surface area (Å²) in [5.41, 5.74) is 1.75. The zero-order valence-corrected chi connectivity index (χ0v) is 12.0. The Bertz CT molecular complexity index is 644. The van der Waals surface area contributed by atoms with Crippen molar-refractivity contribution in [2.45, 2.75) is 13.8 Å². The zero-order valence-electron chi connectivity index (χ0n) is 10.4. The van der Waals surface area contributed by atoms with E-state index in [-0.39, 0.29) is 11.4 Å². The fraction of sp³-hybridized carbons (Fsp3) is 0.154. The van der Waals surface area contributed by atoms with Gasteiger partial charge in [-0.3, -0.25) is 10.1 Å². The predicted octanol–water partition coefficient (Wildman–Crippen LogP) is 4.16. The number of pyridine rings is 1. The third kappa shape index (κ3) is 3.08. The number of hydrogen-bond donors (Lipinski definition) is 0. The van der Waals surface area contributed by atoms with Gasteiger partial charge in [0.1, 0.15) is 0 Å². The van der Waals surface area contributed by atoms with Crippen molar-refractivity contribution in [3.63, 3.8) is 0 Å². The molecule has 0 saturated heterocycles. The molecule has 1 aromatic heterocycles. The van der Waals surface area contributed by atoms with Crippen molar-refractivity contribution in [1.82, 2.24) is 4.98 Å². The number of ether oxygens (including phenoxy) is 1. The normalized spacial score (nSPS) is 10.3. The van der Waals surface area contributed by atoms with Crippen molar-refractivity contribution in [2.24, 2.45) is 0 Å². The smallest absolute Gasteiger partial charge is 0.311 e. The minimum atomic E-state index is -0.472. The number of aromatic nitrogens is 1. The van der Waals surface area contributed by atoms with Gasteiger partial charge >= 0.3 is 5.69 Å². The van der Waals surface area contributed by atoms with Crippen molar-refractivity contribution in [1.29, 1.82) is 0 Å². The summed E-state index contributed by atoms with van der Waals surface area (Å²) in [6.07, 6.45) is 1.60. The summed E-state index contributed by atoms with van der Waals surface area (Å²) in [5, 5.41) is 10.9. The number of nitro benzene ring substituents is 1. The van der Waals surface area contributed by atoms with Crippen molar-refractivity contribution in [3.8, 4) is 11.6 Å². The lowest BCUT2D eigenvalue weighted by molar-refractivity contribution is -0.385. The molecule has 0 aliphatic carbocycles. The minimum Gasteiger partial charge on any atom is -0.432 e. The Kier molecular flexibility index (Phi) is 3.80. The highest BCUT2D eigenvalue weighted by Crippen LogP contribution is 2.32. The van der Waals surface area contributed by atoms with Gasteiger partial charge in [-0.25, -0.2) is 4.98 Å². The van der Waals surface area contributed by atoms with Crippen LogP contribution in [0.15, 0.2) is 34.9 Å². The molecule has 0 amide bonds. The van der Waals surface area contributed by atoms with Crippen LogP contribution in [-0.2, 0) is 0 Å².